The normalized spacial score (nSPS) is 24.2. The van der Waals surface area contributed by atoms with Gasteiger partial charge in [-0.1, -0.05) is 0 Å². The molecule has 1 atom stereocenters. The van der Waals surface area contributed by atoms with Crippen LogP contribution in [0.1, 0.15) is 26.7 Å². The lowest BCUT2D eigenvalue weighted by Gasteiger charge is -2.36. The van der Waals surface area contributed by atoms with Crippen molar-refractivity contribution in [1.82, 2.24) is 4.90 Å². The van der Waals surface area contributed by atoms with E-state index in [1.165, 1.54) is 6.42 Å². The van der Waals surface area contributed by atoms with Crippen molar-refractivity contribution in [3.63, 3.8) is 0 Å². The molecule has 1 N–H and O–H groups in total. The number of ether oxygens (including phenoxy) is 1. The molecule has 0 saturated carbocycles. The maximum atomic E-state index is 8.93. The Labute approximate surface area is 80.7 Å². The number of aliphatic hydroxyl groups excluding tert-OH is 1. The van der Waals surface area contributed by atoms with Gasteiger partial charge in [-0.15, -0.1) is 0 Å². The van der Waals surface area contributed by atoms with Crippen LogP contribution >= 0.6 is 0 Å². The van der Waals surface area contributed by atoms with E-state index in [4.69, 9.17) is 9.84 Å². The summed E-state index contributed by atoms with van der Waals surface area (Å²) in [6.45, 7) is 7.09. The molecular weight excluding hydrogens is 166 g/mol. The molecule has 0 amide bonds. The molecule has 3 heteroatoms. The molecule has 78 valence electrons. The van der Waals surface area contributed by atoms with Gasteiger partial charge >= 0.3 is 0 Å². The first kappa shape index (κ1) is 11.0. The van der Waals surface area contributed by atoms with E-state index in [0.717, 1.165) is 26.2 Å². The molecule has 0 aromatic rings. The van der Waals surface area contributed by atoms with Gasteiger partial charge in [-0.25, -0.2) is 0 Å². The van der Waals surface area contributed by atoms with Gasteiger partial charge in [0.05, 0.1) is 13.2 Å². The summed E-state index contributed by atoms with van der Waals surface area (Å²) >= 11 is 0. The lowest BCUT2D eigenvalue weighted by Crippen LogP contribution is -2.46. The van der Waals surface area contributed by atoms with Crippen molar-refractivity contribution in [1.29, 1.82) is 0 Å². The van der Waals surface area contributed by atoms with E-state index in [1.54, 1.807) is 0 Å². The van der Waals surface area contributed by atoms with E-state index < -0.39 is 0 Å². The van der Waals surface area contributed by atoms with Crippen LogP contribution in [0.15, 0.2) is 0 Å². The summed E-state index contributed by atoms with van der Waals surface area (Å²) in [5, 5.41) is 8.93. The van der Waals surface area contributed by atoms with Crippen molar-refractivity contribution < 1.29 is 9.84 Å². The third-order valence-electron chi connectivity index (χ3n) is 2.63. The Morgan fingerprint density at radius 1 is 1.54 bits per heavy atom. The molecule has 0 radical (unpaired) electrons. The van der Waals surface area contributed by atoms with Crippen LogP contribution < -0.4 is 0 Å². The first-order valence-electron chi connectivity index (χ1n) is 5.20. The Morgan fingerprint density at radius 3 is 2.77 bits per heavy atom. The van der Waals surface area contributed by atoms with Gasteiger partial charge in [0.25, 0.3) is 0 Å². The standard InChI is InChI=1S/C10H21NO2/c1-9(2)11(5-6-12)10-4-3-7-13-8-10/h9-10,12H,3-8H2,1-2H3. The van der Waals surface area contributed by atoms with Crippen LogP contribution in [0, 0.1) is 0 Å². The smallest absolute Gasteiger partial charge is 0.0621 e. The maximum absolute atomic E-state index is 8.93. The summed E-state index contributed by atoms with van der Waals surface area (Å²) in [5.74, 6) is 0. The second-order valence-corrected chi connectivity index (χ2v) is 3.93. The first-order valence-corrected chi connectivity index (χ1v) is 5.20. The molecule has 1 aliphatic heterocycles. The van der Waals surface area contributed by atoms with Crippen LogP contribution in [0.25, 0.3) is 0 Å². The van der Waals surface area contributed by atoms with Crippen LogP contribution in [0.5, 0.6) is 0 Å². The lowest BCUT2D eigenvalue weighted by molar-refractivity contribution is -0.000335. The van der Waals surface area contributed by atoms with Crippen LogP contribution in [0.2, 0.25) is 0 Å². The van der Waals surface area contributed by atoms with Crippen molar-refractivity contribution in [2.75, 3.05) is 26.4 Å². The Bertz CT molecular complexity index is 133. The summed E-state index contributed by atoms with van der Waals surface area (Å²) in [4.78, 5) is 2.33. The van der Waals surface area contributed by atoms with Gasteiger partial charge in [0, 0.05) is 25.2 Å². The molecule has 0 aromatic carbocycles. The molecule has 0 aromatic heterocycles. The second-order valence-electron chi connectivity index (χ2n) is 3.93. The van der Waals surface area contributed by atoms with E-state index in [-0.39, 0.29) is 6.61 Å². The Morgan fingerprint density at radius 2 is 2.31 bits per heavy atom. The first-order chi connectivity index (χ1) is 6.25. The van der Waals surface area contributed by atoms with Crippen molar-refractivity contribution in [3.05, 3.63) is 0 Å². The lowest BCUT2D eigenvalue weighted by atomic mass is 10.1. The average molecular weight is 187 g/mol. The number of hydrogen-bond donors (Lipinski definition) is 1. The summed E-state index contributed by atoms with van der Waals surface area (Å²) in [7, 11) is 0. The fourth-order valence-corrected chi connectivity index (χ4v) is 1.96. The molecule has 13 heavy (non-hydrogen) atoms. The fourth-order valence-electron chi connectivity index (χ4n) is 1.96. The van der Waals surface area contributed by atoms with Crippen molar-refractivity contribution >= 4 is 0 Å². The number of hydrogen-bond acceptors (Lipinski definition) is 3. The quantitative estimate of drug-likeness (QED) is 0.709. The molecule has 1 rings (SSSR count). The van der Waals surface area contributed by atoms with Gasteiger partial charge in [-0.05, 0) is 26.7 Å². The zero-order valence-corrected chi connectivity index (χ0v) is 8.70. The van der Waals surface area contributed by atoms with Crippen molar-refractivity contribution in [2.24, 2.45) is 0 Å². The van der Waals surface area contributed by atoms with Gasteiger partial charge in [-0.3, -0.25) is 4.90 Å². The van der Waals surface area contributed by atoms with E-state index in [9.17, 15) is 0 Å². The van der Waals surface area contributed by atoms with E-state index in [0.29, 0.717) is 12.1 Å². The fraction of sp³-hybridized carbons (Fsp3) is 1.00. The van der Waals surface area contributed by atoms with Crippen molar-refractivity contribution in [3.8, 4) is 0 Å². The Balaban J connectivity index is 2.41. The summed E-state index contributed by atoms with van der Waals surface area (Å²) < 4.78 is 5.44. The Hall–Kier alpha value is -0.120. The zero-order valence-electron chi connectivity index (χ0n) is 8.70. The highest BCUT2D eigenvalue weighted by molar-refractivity contribution is 4.76. The van der Waals surface area contributed by atoms with Gasteiger partial charge in [0.1, 0.15) is 0 Å². The summed E-state index contributed by atoms with van der Waals surface area (Å²) in [5.41, 5.74) is 0. The van der Waals surface area contributed by atoms with Crippen LogP contribution in [-0.2, 0) is 4.74 Å². The molecule has 0 bridgehead atoms. The number of nitrogens with zero attached hydrogens (tertiary/aromatic N) is 1. The van der Waals surface area contributed by atoms with Gasteiger partial charge < -0.3 is 9.84 Å². The third kappa shape index (κ3) is 3.25. The minimum absolute atomic E-state index is 0.245. The molecule has 1 fully saturated rings. The highest BCUT2D eigenvalue weighted by Gasteiger charge is 2.22. The predicted molar refractivity (Wildman–Crippen MR) is 52.8 cm³/mol. The third-order valence-corrected chi connectivity index (χ3v) is 2.63. The monoisotopic (exact) mass is 187 g/mol. The Kier molecular flexibility index (Phi) is 4.70. The van der Waals surface area contributed by atoms with Crippen LogP contribution in [0.4, 0.5) is 0 Å². The molecule has 1 aliphatic rings. The number of rotatable bonds is 4. The topological polar surface area (TPSA) is 32.7 Å². The predicted octanol–water partition coefficient (Wildman–Crippen LogP) is 0.868. The number of aliphatic hydroxyl groups is 1. The second kappa shape index (κ2) is 5.58. The maximum Gasteiger partial charge on any atom is 0.0621 e. The van der Waals surface area contributed by atoms with Crippen LogP contribution in [-0.4, -0.2) is 48.5 Å². The van der Waals surface area contributed by atoms with E-state index in [2.05, 4.69) is 18.7 Å². The van der Waals surface area contributed by atoms with E-state index in [1.807, 2.05) is 0 Å². The van der Waals surface area contributed by atoms with Gasteiger partial charge in [-0.2, -0.15) is 0 Å². The highest BCUT2D eigenvalue weighted by atomic mass is 16.5. The minimum atomic E-state index is 0.245. The molecule has 0 spiro atoms. The molecule has 0 aliphatic carbocycles. The molecule has 1 unspecified atom stereocenters. The summed E-state index contributed by atoms with van der Waals surface area (Å²) in [6, 6.07) is 1.01. The minimum Gasteiger partial charge on any atom is -0.395 e. The summed E-state index contributed by atoms with van der Waals surface area (Å²) in [6.07, 6.45) is 2.36. The molecule has 1 saturated heterocycles. The molecular formula is C10H21NO2. The zero-order chi connectivity index (χ0) is 9.68. The largest absolute Gasteiger partial charge is 0.395 e. The molecule has 3 nitrogen and oxygen atoms in total. The van der Waals surface area contributed by atoms with Gasteiger partial charge in [0.2, 0.25) is 0 Å². The van der Waals surface area contributed by atoms with Gasteiger partial charge in [0.15, 0.2) is 0 Å². The van der Waals surface area contributed by atoms with Crippen LogP contribution in [0.3, 0.4) is 0 Å². The average Bonchev–Trinajstić information content (AvgIpc) is 2.15. The highest BCUT2D eigenvalue weighted by Crippen LogP contribution is 2.15. The SMILES string of the molecule is CC(C)N(CCO)C1CCCOC1. The van der Waals surface area contributed by atoms with E-state index >= 15 is 0 Å². The molecule has 1 heterocycles. The van der Waals surface area contributed by atoms with Crippen molar-refractivity contribution in [2.45, 2.75) is 38.8 Å².